The van der Waals surface area contributed by atoms with Crippen molar-refractivity contribution >= 4 is 11.7 Å². The normalized spacial score (nSPS) is 10.3. The number of nitrogens with two attached hydrogens (primary N) is 1. The molecule has 6 heteroatoms. The Kier molecular flexibility index (Phi) is 3.27. The van der Waals surface area contributed by atoms with Gasteiger partial charge in [0.2, 0.25) is 0 Å². The first-order valence-corrected chi connectivity index (χ1v) is 5.20. The Balaban J connectivity index is 2.03. The lowest BCUT2D eigenvalue weighted by atomic mass is 10.2. The molecule has 0 saturated carbocycles. The van der Waals surface area contributed by atoms with E-state index >= 15 is 0 Å². The number of nitrogen functional groups attached to an aromatic ring is 1. The van der Waals surface area contributed by atoms with Crippen molar-refractivity contribution in [1.82, 2.24) is 5.16 Å². The summed E-state index contributed by atoms with van der Waals surface area (Å²) < 4.78 is 22.7. The number of hydrogen-bond donors (Lipinski definition) is 1. The molecular formula is C12H11FN2O3. The fourth-order valence-electron chi connectivity index (χ4n) is 1.42. The van der Waals surface area contributed by atoms with E-state index in [-0.39, 0.29) is 17.9 Å². The Bertz CT molecular complexity index is 580. The number of halogens is 1. The van der Waals surface area contributed by atoms with Crippen LogP contribution in [0, 0.1) is 12.7 Å². The predicted octanol–water partition coefficient (Wildman–Crippen LogP) is 2.06. The SMILES string of the molecule is Cc1cc(COC(=O)c2ccc(F)cc2N)on1. The average Bonchev–Trinajstić information content (AvgIpc) is 2.72. The van der Waals surface area contributed by atoms with Crippen molar-refractivity contribution in [1.29, 1.82) is 0 Å². The summed E-state index contributed by atoms with van der Waals surface area (Å²) in [6.45, 7) is 1.71. The minimum atomic E-state index is -0.637. The van der Waals surface area contributed by atoms with Crippen LogP contribution in [0.1, 0.15) is 21.8 Å². The maximum absolute atomic E-state index is 12.8. The first-order chi connectivity index (χ1) is 8.56. The van der Waals surface area contributed by atoms with Crippen molar-refractivity contribution in [3.63, 3.8) is 0 Å². The zero-order valence-electron chi connectivity index (χ0n) is 9.64. The zero-order chi connectivity index (χ0) is 13.1. The Hall–Kier alpha value is -2.37. The van der Waals surface area contributed by atoms with Crippen molar-refractivity contribution in [3.8, 4) is 0 Å². The third-order valence-corrected chi connectivity index (χ3v) is 2.26. The number of carbonyl (C=O) groups excluding carboxylic acids is 1. The molecule has 0 amide bonds. The summed E-state index contributed by atoms with van der Waals surface area (Å²) in [5.41, 5.74) is 6.37. The molecule has 2 rings (SSSR count). The molecule has 94 valence electrons. The molecule has 0 spiro atoms. The van der Waals surface area contributed by atoms with Crippen LogP contribution in [-0.4, -0.2) is 11.1 Å². The van der Waals surface area contributed by atoms with E-state index in [9.17, 15) is 9.18 Å². The zero-order valence-corrected chi connectivity index (χ0v) is 9.64. The summed E-state index contributed by atoms with van der Waals surface area (Å²) in [5.74, 6) is -0.710. The predicted molar refractivity (Wildman–Crippen MR) is 61.2 cm³/mol. The van der Waals surface area contributed by atoms with E-state index in [1.807, 2.05) is 0 Å². The van der Waals surface area contributed by atoms with E-state index < -0.39 is 11.8 Å². The number of rotatable bonds is 3. The summed E-state index contributed by atoms with van der Waals surface area (Å²) >= 11 is 0. The van der Waals surface area contributed by atoms with Crippen LogP contribution in [0.25, 0.3) is 0 Å². The number of carbonyl (C=O) groups is 1. The molecule has 0 atom stereocenters. The van der Waals surface area contributed by atoms with Gasteiger partial charge in [0.1, 0.15) is 5.82 Å². The maximum Gasteiger partial charge on any atom is 0.340 e. The minimum Gasteiger partial charge on any atom is -0.454 e. The quantitative estimate of drug-likeness (QED) is 0.666. The second kappa shape index (κ2) is 4.87. The molecule has 0 radical (unpaired) electrons. The number of nitrogens with zero attached hydrogens (tertiary/aromatic N) is 1. The first kappa shape index (κ1) is 12.1. The molecule has 0 unspecified atom stereocenters. The highest BCUT2D eigenvalue weighted by Crippen LogP contribution is 2.15. The molecule has 2 N–H and O–H groups in total. The van der Waals surface area contributed by atoms with E-state index in [0.717, 1.165) is 12.1 Å². The van der Waals surface area contributed by atoms with Gasteiger partial charge >= 0.3 is 5.97 Å². The third kappa shape index (κ3) is 2.65. The second-order valence-corrected chi connectivity index (χ2v) is 3.74. The molecule has 0 aliphatic carbocycles. The number of anilines is 1. The standard InChI is InChI=1S/C12H11FN2O3/c1-7-4-9(18-15-7)6-17-12(16)10-3-2-8(13)5-11(10)14/h2-5H,6,14H2,1H3. The summed E-state index contributed by atoms with van der Waals surface area (Å²) in [6, 6.07) is 5.14. The topological polar surface area (TPSA) is 78.4 Å². The van der Waals surface area contributed by atoms with Gasteiger partial charge in [-0.25, -0.2) is 9.18 Å². The molecular weight excluding hydrogens is 239 g/mol. The molecule has 0 fully saturated rings. The second-order valence-electron chi connectivity index (χ2n) is 3.74. The molecule has 0 bridgehead atoms. The van der Waals surface area contributed by atoms with Gasteiger partial charge in [0.05, 0.1) is 11.3 Å². The fourth-order valence-corrected chi connectivity index (χ4v) is 1.42. The summed E-state index contributed by atoms with van der Waals surface area (Å²) in [6.07, 6.45) is 0. The van der Waals surface area contributed by atoms with Crippen molar-refractivity contribution in [3.05, 3.63) is 47.1 Å². The number of ether oxygens (including phenoxy) is 1. The lowest BCUT2D eigenvalue weighted by molar-refractivity contribution is 0.0438. The number of hydrogen-bond acceptors (Lipinski definition) is 5. The number of benzene rings is 1. The van der Waals surface area contributed by atoms with Gasteiger partial charge in [-0.3, -0.25) is 0 Å². The highest BCUT2D eigenvalue weighted by atomic mass is 19.1. The van der Waals surface area contributed by atoms with Gasteiger partial charge < -0.3 is 15.0 Å². The molecule has 0 aliphatic heterocycles. The monoisotopic (exact) mass is 250 g/mol. The first-order valence-electron chi connectivity index (χ1n) is 5.20. The van der Waals surface area contributed by atoms with Crippen LogP contribution in [-0.2, 0) is 11.3 Å². The summed E-state index contributed by atoms with van der Waals surface area (Å²) in [7, 11) is 0. The Morgan fingerprint density at radius 1 is 1.50 bits per heavy atom. The Morgan fingerprint density at radius 2 is 2.28 bits per heavy atom. The van der Waals surface area contributed by atoms with Crippen LogP contribution in [0.2, 0.25) is 0 Å². The van der Waals surface area contributed by atoms with E-state index in [1.54, 1.807) is 13.0 Å². The lowest BCUT2D eigenvalue weighted by Gasteiger charge is -2.05. The molecule has 18 heavy (non-hydrogen) atoms. The van der Waals surface area contributed by atoms with E-state index in [1.165, 1.54) is 6.07 Å². The van der Waals surface area contributed by atoms with Crippen molar-refractivity contribution in [2.45, 2.75) is 13.5 Å². The molecule has 0 saturated heterocycles. The van der Waals surface area contributed by atoms with Crippen LogP contribution >= 0.6 is 0 Å². The lowest BCUT2D eigenvalue weighted by Crippen LogP contribution is -2.08. The van der Waals surface area contributed by atoms with Gasteiger partial charge in [0.25, 0.3) is 0 Å². The highest BCUT2D eigenvalue weighted by molar-refractivity contribution is 5.94. The molecule has 5 nitrogen and oxygen atoms in total. The molecule has 1 heterocycles. The summed E-state index contributed by atoms with van der Waals surface area (Å²) in [4.78, 5) is 11.7. The third-order valence-electron chi connectivity index (χ3n) is 2.26. The number of esters is 1. The van der Waals surface area contributed by atoms with Gasteiger partial charge in [-0.05, 0) is 25.1 Å². The Labute approximate surface area is 102 Å². The van der Waals surface area contributed by atoms with Crippen molar-refractivity contribution in [2.24, 2.45) is 0 Å². The van der Waals surface area contributed by atoms with Gasteiger partial charge in [0, 0.05) is 11.8 Å². The van der Waals surface area contributed by atoms with Gasteiger partial charge in [-0.1, -0.05) is 5.16 Å². The smallest absolute Gasteiger partial charge is 0.340 e. The van der Waals surface area contributed by atoms with Crippen molar-refractivity contribution < 1.29 is 18.4 Å². The van der Waals surface area contributed by atoms with Crippen molar-refractivity contribution in [2.75, 3.05) is 5.73 Å². The van der Waals surface area contributed by atoms with E-state index in [4.69, 9.17) is 15.0 Å². The molecule has 0 aliphatic rings. The number of aromatic nitrogens is 1. The van der Waals surface area contributed by atoms with Gasteiger partial charge in [0.15, 0.2) is 12.4 Å². The largest absolute Gasteiger partial charge is 0.454 e. The van der Waals surface area contributed by atoms with Crippen LogP contribution in [0.4, 0.5) is 10.1 Å². The Morgan fingerprint density at radius 3 is 2.89 bits per heavy atom. The van der Waals surface area contributed by atoms with Crippen LogP contribution in [0.5, 0.6) is 0 Å². The molecule has 2 aromatic rings. The average molecular weight is 250 g/mol. The summed E-state index contributed by atoms with van der Waals surface area (Å²) in [5, 5.41) is 3.66. The maximum atomic E-state index is 12.8. The van der Waals surface area contributed by atoms with E-state index in [2.05, 4.69) is 5.16 Å². The minimum absolute atomic E-state index is 0.0359. The number of aryl methyl sites for hydroxylation is 1. The van der Waals surface area contributed by atoms with Crippen LogP contribution in [0.3, 0.4) is 0 Å². The molecule has 1 aromatic carbocycles. The van der Waals surface area contributed by atoms with E-state index in [0.29, 0.717) is 11.5 Å². The highest BCUT2D eigenvalue weighted by Gasteiger charge is 2.13. The van der Waals surface area contributed by atoms with Gasteiger partial charge in [-0.2, -0.15) is 0 Å². The molecule has 1 aromatic heterocycles. The van der Waals surface area contributed by atoms with Gasteiger partial charge in [-0.15, -0.1) is 0 Å². The van der Waals surface area contributed by atoms with Crippen LogP contribution in [0.15, 0.2) is 28.8 Å². The fraction of sp³-hybridized carbons (Fsp3) is 0.167. The van der Waals surface area contributed by atoms with Crippen LogP contribution < -0.4 is 5.73 Å².